The number of urea groups is 1. The smallest absolute Gasteiger partial charge is 0.321 e. The highest BCUT2D eigenvalue weighted by Crippen LogP contribution is 2.22. The quantitative estimate of drug-likeness (QED) is 0.868. The van der Waals surface area contributed by atoms with E-state index in [4.69, 9.17) is 5.11 Å². The van der Waals surface area contributed by atoms with Gasteiger partial charge < -0.3 is 15.3 Å². The minimum Gasteiger partial charge on any atom is -0.481 e. The second-order valence-corrected chi connectivity index (χ2v) is 5.21. The minimum atomic E-state index is -0.802. The van der Waals surface area contributed by atoms with Crippen LogP contribution in [0, 0.1) is 5.92 Å². The topological polar surface area (TPSA) is 69.6 Å². The number of hydrogen-bond donors (Lipinski definition) is 2. The zero-order valence-electron chi connectivity index (χ0n) is 11.6. The Morgan fingerprint density at radius 1 is 1.35 bits per heavy atom. The Bertz CT molecular complexity index is 496. The fourth-order valence-corrected chi connectivity index (χ4v) is 2.44. The molecule has 0 atom stereocenters. The lowest BCUT2D eigenvalue weighted by molar-refractivity contribution is -0.139. The van der Waals surface area contributed by atoms with E-state index in [1.807, 2.05) is 24.3 Å². The summed E-state index contributed by atoms with van der Waals surface area (Å²) in [7, 11) is 0. The molecule has 20 heavy (non-hydrogen) atoms. The lowest BCUT2D eigenvalue weighted by Crippen LogP contribution is -2.52. The molecule has 0 spiro atoms. The summed E-state index contributed by atoms with van der Waals surface area (Å²) in [4.78, 5) is 24.3. The number of benzene rings is 1. The number of nitrogens with one attached hydrogen (secondary N) is 1. The Kier molecular flexibility index (Phi) is 4.61. The molecule has 0 aliphatic carbocycles. The van der Waals surface area contributed by atoms with E-state index in [0.29, 0.717) is 13.1 Å². The molecule has 0 aromatic heterocycles. The van der Waals surface area contributed by atoms with Crippen molar-refractivity contribution in [3.8, 4) is 0 Å². The van der Waals surface area contributed by atoms with Gasteiger partial charge in [0.15, 0.2) is 0 Å². The maximum atomic E-state index is 12.0. The van der Waals surface area contributed by atoms with Crippen molar-refractivity contribution in [1.29, 1.82) is 0 Å². The first kappa shape index (κ1) is 14.4. The number of aliphatic carboxylic acids is 1. The first-order valence-electron chi connectivity index (χ1n) is 6.95. The van der Waals surface area contributed by atoms with Crippen LogP contribution in [-0.4, -0.2) is 35.1 Å². The number of carboxylic acids is 1. The molecule has 1 fully saturated rings. The molecule has 1 aromatic rings. The number of anilines is 1. The maximum Gasteiger partial charge on any atom is 0.321 e. The van der Waals surface area contributed by atoms with Gasteiger partial charge in [0.2, 0.25) is 0 Å². The number of rotatable bonds is 5. The summed E-state index contributed by atoms with van der Waals surface area (Å²) in [5.74, 6) is -0.715. The molecule has 5 nitrogen and oxygen atoms in total. The molecule has 2 rings (SSSR count). The average Bonchev–Trinajstić information content (AvgIpc) is 2.35. The zero-order valence-corrected chi connectivity index (χ0v) is 11.6. The van der Waals surface area contributed by atoms with E-state index in [0.717, 1.165) is 24.1 Å². The third kappa shape index (κ3) is 3.50. The monoisotopic (exact) mass is 276 g/mol. The van der Waals surface area contributed by atoms with Crippen molar-refractivity contribution < 1.29 is 14.7 Å². The van der Waals surface area contributed by atoms with Crippen molar-refractivity contribution in [2.75, 3.05) is 18.4 Å². The van der Waals surface area contributed by atoms with E-state index in [1.54, 1.807) is 4.90 Å². The van der Waals surface area contributed by atoms with Crippen LogP contribution in [0.5, 0.6) is 0 Å². The summed E-state index contributed by atoms with van der Waals surface area (Å²) < 4.78 is 0. The molecular formula is C15H20N2O3. The van der Waals surface area contributed by atoms with E-state index in [9.17, 15) is 9.59 Å². The molecule has 1 heterocycles. The van der Waals surface area contributed by atoms with Gasteiger partial charge in [-0.3, -0.25) is 4.79 Å². The molecule has 2 amide bonds. The lowest BCUT2D eigenvalue weighted by Gasteiger charge is -2.38. The number of carboxylic acid groups (broad SMARTS) is 1. The number of para-hydroxylation sites is 1. The normalized spacial score (nSPS) is 14.8. The van der Waals surface area contributed by atoms with Crippen LogP contribution in [0.4, 0.5) is 10.5 Å². The zero-order chi connectivity index (χ0) is 14.5. The Morgan fingerprint density at radius 2 is 2.05 bits per heavy atom. The summed E-state index contributed by atoms with van der Waals surface area (Å²) in [5, 5.41) is 11.6. The van der Waals surface area contributed by atoms with E-state index in [1.165, 1.54) is 0 Å². The molecule has 0 unspecified atom stereocenters. The van der Waals surface area contributed by atoms with Gasteiger partial charge in [-0.2, -0.15) is 0 Å². The molecule has 0 bridgehead atoms. The van der Waals surface area contributed by atoms with E-state index in [2.05, 4.69) is 12.2 Å². The number of carbonyl (C=O) groups is 2. The third-order valence-corrected chi connectivity index (χ3v) is 3.49. The van der Waals surface area contributed by atoms with Crippen molar-refractivity contribution in [1.82, 2.24) is 4.90 Å². The highest BCUT2D eigenvalue weighted by Gasteiger charge is 2.32. The van der Waals surface area contributed by atoms with Gasteiger partial charge in [0.25, 0.3) is 0 Å². The average molecular weight is 276 g/mol. The van der Waals surface area contributed by atoms with Crippen LogP contribution in [0.1, 0.15) is 25.3 Å². The SMILES string of the molecule is CCCc1ccccc1NC(=O)N1CC(CC(=O)O)C1. The van der Waals surface area contributed by atoms with Crippen LogP contribution in [0.15, 0.2) is 24.3 Å². The van der Waals surface area contributed by atoms with Crippen LogP contribution in [0.25, 0.3) is 0 Å². The van der Waals surface area contributed by atoms with Gasteiger partial charge in [-0.15, -0.1) is 0 Å². The van der Waals surface area contributed by atoms with Crippen molar-refractivity contribution in [3.63, 3.8) is 0 Å². The van der Waals surface area contributed by atoms with Gasteiger partial charge in [-0.25, -0.2) is 4.79 Å². The lowest BCUT2D eigenvalue weighted by atomic mass is 9.97. The number of carbonyl (C=O) groups excluding carboxylic acids is 1. The first-order valence-corrected chi connectivity index (χ1v) is 6.95. The van der Waals surface area contributed by atoms with Gasteiger partial charge in [-0.05, 0) is 18.1 Å². The van der Waals surface area contributed by atoms with Gasteiger partial charge in [0.05, 0.1) is 6.42 Å². The molecule has 5 heteroatoms. The van der Waals surface area contributed by atoms with Crippen LogP contribution in [0.2, 0.25) is 0 Å². The fourth-order valence-electron chi connectivity index (χ4n) is 2.44. The molecular weight excluding hydrogens is 256 g/mol. The van der Waals surface area contributed by atoms with Crippen molar-refractivity contribution in [2.45, 2.75) is 26.2 Å². The van der Waals surface area contributed by atoms with Crippen molar-refractivity contribution >= 4 is 17.7 Å². The van der Waals surface area contributed by atoms with Gasteiger partial charge in [0.1, 0.15) is 0 Å². The van der Waals surface area contributed by atoms with Gasteiger partial charge in [-0.1, -0.05) is 31.5 Å². The highest BCUT2D eigenvalue weighted by atomic mass is 16.4. The highest BCUT2D eigenvalue weighted by molar-refractivity contribution is 5.90. The van der Waals surface area contributed by atoms with Crippen LogP contribution in [0.3, 0.4) is 0 Å². The Hall–Kier alpha value is -2.04. The molecule has 1 saturated heterocycles. The van der Waals surface area contributed by atoms with E-state index in [-0.39, 0.29) is 18.4 Å². The Labute approximate surface area is 118 Å². The molecule has 1 aromatic carbocycles. The second-order valence-electron chi connectivity index (χ2n) is 5.21. The number of aryl methyl sites for hydroxylation is 1. The summed E-state index contributed by atoms with van der Waals surface area (Å²) in [6.45, 7) is 3.15. The first-order chi connectivity index (χ1) is 9.60. The molecule has 2 N–H and O–H groups in total. The van der Waals surface area contributed by atoms with Crippen LogP contribution in [-0.2, 0) is 11.2 Å². The number of hydrogen-bond acceptors (Lipinski definition) is 2. The second kappa shape index (κ2) is 6.41. The largest absolute Gasteiger partial charge is 0.481 e. The Balaban J connectivity index is 1.88. The van der Waals surface area contributed by atoms with Crippen LogP contribution < -0.4 is 5.32 Å². The van der Waals surface area contributed by atoms with Gasteiger partial charge >= 0.3 is 12.0 Å². The van der Waals surface area contributed by atoms with Crippen molar-refractivity contribution in [3.05, 3.63) is 29.8 Å². The predicted octanol–water partition coefficient (Wildman–Crippen LogP) is 2.58. The summed E-state index contributed by atoms with van der Waals surface area (Å²) in [5.41, 5.74) is 1.98. The minimum absolute atomic E-state index is 0.0872. The molecule has 1 aliphatic rings. The summed E-state index contributed by atoms with van der Waals surface area (Å²) >= 11 is 0. The number of nitrogens with zero attached hydrogens (tertiary/aromatic N) is 1. The molecule has 108 valence electrons. The standard InChI is InChI=1S/C15H20N2O3/c1-2-5-12-6-3-4-7-13(12)16-15(20)17-9-11(10-17)8-14(18)19/h3-4,6-7,11H,2,5,8-10H2,1H3,(H,16,20)(H,18,19). The van der Waals surface area contributed by atoms with E-state index < -0.39 is 5.97 Å². The van der Waals surface area contributed by atoms with Crippen molar-refractivity contribution in [2.24, 2.45) is 5.92 Å². The fraction of sp³-hybridized carbons (Fsp3) is 0.467. The van der Waals surface area contributed by atoms with Gasteiger partial charge in [0, 0.05) is 24.7 Å². The summed E-state index contributed by atoms with van der Waals surface area (Å²) in [6, 6.07) is 7.64. The molecule has 0 radical (unpaired) electrons. The third-order valence-electron chi connectivity index (χ3n) is 3.49. The van der Waals surface area contributed by atoms with E-state index >= 15 is 0 Å². The predicted molar refractivity (Wildman–Crippen MR) is 76.8 cm³/mol. The van der Waals surface area contributed by atoms with Crippen LogP contribution >= 0.6 is 0 Å². The number of likely N-dealkylation sites (tertiary alicyclic amines) is 1. The summed E-state index contributed by atoms with van der Waals surface area (Å²) in [6.07, 6.45) is 2.09. The Morgan fingerprint density at radius 3 is 2.70 bits per heavy atom. The molecule has 1 aliphatic heterocycles. The molecule has 0 saturated carbocycles. The maximum absolute atomic E-state index is 12.0. The number of amides is 2.